The number of phosphoric ester groups is 1. The first-order chi connectivity index (χ1) is 42.4. The second kappa shape index (κ2) is 65.6. The van der Waals surface area contributed by atoms with Gasteiger partial charge >= 0.3 is 5.97 Å². The molecule has 0 radical (unpaired) electrons. The van der Waals surface area contributed by atoms with Gasteiger partial charge in [-0.05, 0) is 115 Å². The maximum absolute atomic E-state index is 13.6. The van der Waals surface area contributed by atoms with Crippen molar-refractivity contribution in [2.45, 2.75) is 328 Å². The van der Waals surface area contributed by atoms with E-state index in [1.807, 2.05) is 33.3 Å². The number of esters is 1. The van der Waals surface area contributed by atoms with E-state index in [9.17, 15) is 19.0 Å². The van der Waals surface area contributed by atoms with Gasteiger partial charge in [0.15, 0.2) is 0 Å². The zero-order valence-corrected chi connectivity index (χ0v) is 58.3. The van der Waals surface area contributed by atoms with Crippen LogP contribution in [0.1, 0.15) is 316 Å². The van der Waals surface area contributed by atoms with Gasteiger partial charge in [0.25, 0.3) is 7.82 Å². The van der Waals surface area contributed by atoms with E-state index in [2.05, 4.69) is 123 Å². The number of carbonyl (C=O) groups is 2. The van der Waals surface area contributed by atoms with E-state index in [4.69, 9.17) is 13.8 Å². The normalized spacial score (nSPS) is 14.1. The monoisotopic (exact) mass is 1230 g/mol. The first-order valence-electron chi connectivity index (χ1n) is 36.2. The highest BCUT2D eigenvalue weighted by Crippen LogP contribution is 2.38. The van der Waals surface area contributed by atoms with Crippen molar-refractivity contribution in [3.05, 3.63) is 109 Å². The van der Waals surface area contributed by atoms with Crippen LogP contribution in [-0.4, -0.2) is 69.4 Å². The minimum absolute atomic E-state index is 0.0332. The second-order valence-corrected chi connectivity index (χ2v) is 26.8. The predicted molar refractivity (Wildman–Crippen MR) is 376 cm³/mol. The number of hydrogen-bond acceptors (Lipinski definition) is 7. The fourth-order valence-electron chi connectivity index (χ4n) is 10.1. The molecule has 1 N–H and O–H groups in total. The molecular formula is C77H137N2O7P. The molecule has 0 aromatic rings. The van der Waals surface area contributed by atoms with E-state index < -0.39 is 26.6 Å². The molecule has 0 aliphatic rings. The van der Waals surface area contributed by atoms with Gasteiger partial charge in [0.05, 0.1) is 33.8 Å². The molecule has 0 aliphatic carbocycles. The number of phosphoric acid groups is 1. The van der Waals surface area contributed by atoms with Crippen molar-refractivity contribution in [3.8, 4) is 0 Å². The minimum Gasteiger partial charge on any atom is -0.756 e. The maximum atomic E-state index is 13.6. The van der Waals surface area contributed by atoms with Gasteiger partial charge in [-0.25, -0.2) is 0 Å². The fraction of sp³-hybridized carbons (Fsp3) is 0.740. The number of rotatable bonds is 65. The van der Waals surface area contributed by atoms with Crippen LogP contribution in [0.3, 0.4) is 0 Å². The zero-order valence-electron chi connectivity index (χ0n) is 57.4. The highest BCUT2D eigenvalue weighted by molar-refractivity contribution is 7.45. The summed E-state index contributed by atoms with van der Waals surface area (Å²) in [6.45, 7) is 6.70. The Balaban J connectivity index is 5.12. The maximum Gasteiger partial charge on any atom is 0.306 e. The molecule has 0 rings (SSSR count). The summed E-state index contributed by atoms with van der Waals surface area (Å²) >= 11 is 0. The molecule has 0 aromatic heterocycles. The van der Waals surface area contributed by atoms with Crippen LogP contribution in [0.5, 0.6) is 0 Å². The molecule has 1 amide bonds. The first-order valence-corrected chi connectivity index (χ1v) is 37.7. The Kier molecular flexibility index (Phi) is 63.1. The summed E-state index contributed by atoms with van der Waals surface area (Å²) in [5, 5.41) is 3.03. The van der Waals surface area contributed by atoms with Crippen LogP contribution in [0.4, 0.5) is 0 Å². The lowest BCUT2D eigenvalue weighted by atomic mass is 10.0. The summed E-state index contributed by atoms with van der Waals surface area (Å²) in [6, 6.07) is -0.913. The number of carbonyl (C=O) groups excluding carboxylic acids is 2. The molecule has 9 nitrogen and oxygen atoms in total. The molecular weight excluding hydrogens is 1100 g/mol. The second-order valence-electron chi connectivity index (χ2n) is 25.4. The standard InChI is InChI=1S/C77H137N2O7P/c1-7-10-13-16-19-22-25-28-30-32-34-36-37-38-39-40-41-43-44-46-48-51-54-57-60-63-66-69-76(80)78-74(73-85-87(82,83)84-72-71-79(4,5)6)75(68-65-62-59-56-53-50-27-24-21-18-15-12-9-3)86-77(81)70-67-64-61-58-55-52-49-47-45-42-35-33-31-29-26-23-20-17-14-11-8-2/h11,14,19-20,22-23,28-31,35,42,47,49,55,58,65,68,74-75H,7-10,12-13,15-18,21,24-27,32-34,36-41,43-46,48,50-54,56-57,59-64,66-67,69-73H2,1-6H3,(H-,78,80,82,83)/b14-11-,22-19-,23-20-,30-28-,31-29-,42-35-,49-47-,58-55-,68-65-. The number of nitrogens with zero attached hydrogens (tertiary/aromatic N) is 1. The molecule has 0 saturated heterocycles. The Morgan fingerprint density at radius 1 is 0.414 bits per heavy atom. The van der Waals surface area contributed by atoms with E-state index in [0.29, 0.717) is 23.9 Å². The molecule has 87 heavy (non-hydrogen) atoms. The SMILES string of the molecule is CC/C=C\C/C=C\C/C=C\C/C=C\C/C=C\C/C=C\CCCCC(=O)OC(/C=C\CCCCCCCCCCCCC)C(COP(=O)([O-])OCC[N+](C)(C)C)NC(=O)CCCCCCCCCCCCCCCCCCC/C=C\C/C=C\CCCCC. The van der Waals surface area contributed by atoms with E-state index >= 15 is 0 Å². The van der Waals surface area contributed by atoms with E-state index in [1.54, 1.807) is 0 Å². The van der Waals surface area contributed by atoms with E-state index in [0.717, 1.165) is 96.3 Å². The quantitative estimate of drug-likeness (QED) is 0.0212. The number of likely N-dealkylation sites (N-methyl/N-ethyl adjacent to an activating group) is 1. The number of unbranched alkanes of at least 4 members (excludes halogenated alkanes) is 33. The molecule has 10 heteroatoms. The van der Waals surface area contributed by atoms with Crippen molar-refractivity contribution in [1.29, 1.82) is 0 Å². The first kappa shape index (κ1) is 83.7. The topological polar surface area (TPSA) is 114 Å². The lowest BCUT2D eigenvalue weighted by molar-refractivity contribution is -0.870. The number of ether oxygens (including phenoxy) is 1. The predicted octanol–water partition coefficient (Wildman–Crippen LogP) is 22.6. The number of hydrogen-bond donors (Lipinski definition) is 1. The van der Waals surface area contributed by atoms with Gasteiger partial charge < -0.3 is 28.5 Å². The number of nitrogens with one attached hydrogen (secondary N) is 1. The van der Waals surface area contributed by atoms with E-state index in [-0.39, 0.29) is 24.9 Å². The van der Waals surface area contributed by atoms with Crippen LogP contribution >= 0.6 is 7.82 Å². The average molecular weight is 1230 g/mol. The van der Waals surface area contributed by atoms with Crippen LogP contribution in [0.2, 0.25) is 0 Å². The molecule has 0 aliphatic heterocycles. The Morgan fingerprint density at radius 3 is 1.14 bits per heavy atom. The van der Waals surface area contributed by atoms with Gasteiger partial charge in [-0.15, -0.1) is 0 Å². The Labute approximate surface area is 538 Å². The summed E-state index contributed by atoms with van der Waals surface area (Å²) in [4.78, 5) is 40.2. The zero-order chi connectivity index (χ0) is 63.5. The van der Waals surface area contributed by atoms with Crippen LogP contribution in [0, 0.1) is 0 Å². The fourth-order valence-corrected chi connectivity index (χ4v) is 10.9. The van der Waals surface area contributed by atoms with Crippen molar-refractivity contribution in [1.82, 2.24) is 5.32 Å². The van der Waals surface area contributed by atoms with Gasteiger partial charge in [0, 0.05) is 12.8 Å². The van der Waals surface area contributed by atoms with Crippen molar-refractivity contribution >= 4 is 19.7 Å². The molecule has 0 aromatic carbocycles. The molecule has 0 bridgehead atoms. The van der Waals surface area contributed by atoms with Crippen LogP contribution in [-0.2, 0) is 27.9 Å². The number of allylic oxidation sites excluding steroid dienone is 17. The van der Waals surface area contributed by atoms with Crippen molar-refractivity contribution in [2.24, 2.45) is 0 Å². The average Bonchev–Trinajstić information content (AvgIpc) is 3.70. The molecule has 0 fully saturated rings. The molecule has 0 heterocycles. The van der Waals surface area contributed by atoms with Gasteiger partial charge in [0.2, 0.25) is 5.91 Å². The number of quaternary nitrogens is 1. The Bertz CT molecular complexity index is 1860. The van der Waals surface area contributed by atoms with Gasteiger partial charge in [-0.1, -0.05) is 297 Å². The molecule has 502 valence electrons. The summed E-state index contributed by atoms with van der Waals surface area (Å²) in [5.41, 5.74) is 0. The van der Waals surface area contributed by atoms with Crippen molar-refractivity contribution in [2.75, 3.05) is 40.9 Å². The minimum atomic E-state index is -4.72. The van der Waals surface area contributed by atoms with Crippen molar-refractivity contribution < 1.29 is 37.3 Å². The van der Waals surface area contributed by atoms with E-state index in [1.165, 1.54) is 180 Å². The lowest BCUT2D eigenvalue weighted by Crippen LogP contribution is -2.47. The van der Waals surface area contributed by atoms with Gasteiger partial charge in [0.1, 0.15) is 19.3 Å². The highest BCUT2D eigenvalue weighted by Gasteiger charge is 2.27. The Hall–Kier alpha value is -3.33. The third kappa shape index (κ3) is 66.9. The lowest BCUT2D eigenvalue weighted by Gasteiger charge is -2.30. The van der Waals surface area contributed by atoms with Gasteiger partial charge in [-0.3, -0.25) is 14.2 Å². The molecule has 3 atom stereocenters. The third-order valence-corrected chi connectivity index (χ3v) is 16.7. The smallest absolute Gasteiger partial charge is 0.306 e. The molecule has 0 saturated carbocycles. The summed E-state index contributed by atoms with van der Waals surface area (Å²) < 4.78 is 30.4. The van der Waals surface area contributed by atoms with Crippen molar-refractivity contribution in [3.63, 3.8) is 0 Å². The van der Waals surface area contributed by atoms with Crippen LogP contribution < -0.4 is 10.2 Å². The highest BCUT2D eigenvalue weighted by atomic mass is 31.2. The van der Waals surface area contributed by atoms with Crippen LogP contribution in [0.25, 0.3) is 0 Å². The van der Waals surface area contributed by atoms with Gasteiger partial charge in [-0.2, -0.15) is 0 Å². The summed E-state index contributed by atoms with van der Waals surface area (Å²) in [5.74, 6) is -0.587. The summed E-state index contributed by atoms with van der Waals surface area (Å²) in [7, 11) is 1.16. The van der Waals surface area contributed by atoms with Crippen LogP contribution in [0.15, 0.2) is 109 Å². The Morgan fingerprint density at radius 2 is 0.736 bits per heavy atom. The summed E-state index contributed by atoms with van der Waals surface area (Å²) in [6.07, 6.45) is 90.8. The molecule has 3 unspecified atom stereocenters. The molecule has 0 spiro atoms. The number of amides is 1. The third-order valence-electron chi connectivity index (χ3n) is 15.7. The largest absolute Gasteiger partial charge is 0.756 e.